The topological polar surface area (TPSA) is 55.8 Å². The average Bonchev–Trinajstić information content (AvgIpc) is 2.47. The van der Waals surface area contributed by atoms with Gasteiger partial charge in [-0.15, -0.1) is 0 Å². The first-order valence-corrected chi connectivity index (χ1v) is 7.14. The van der Waals surface area contributed by atoms with Crippen LogP contribution in [0.1, 0.15) is 43.2 Å². The number of hydrogen-bond donors (Lipinski definition) is 1. The van der Waals surface area contributed by atoms with Gasteiger partial charge in [0.25, 0.3) is 0 Å². The molecule has 5 heteroatoms. The normalized spacial score (nSPS) is 17.5. The maximum atomic E-state index is 13.7. The highest BCUT2D eigenvalue weighted by molar-refractivity contribution is 5.83. The van der Waals surface area contributed by atoms with Crippen molar-refractivity contribution in [2.45, 2.75) is 44.1 Å². The standard InChI is InChI=1S/C16H21FO4/c1-20-10-11-8-12(17)9-13(21-2)14(11)16(15(18)19)6-4-3-5-7-16/h8-9H,3-7,10H2,1-2H3,(H,18,19). The first-order valence-electron chi connectivity index (χ1n) is 7.14. The van der Waals surface area contributed by atoms with Crippen LogP contribution in [-0.2, 0) is 21.6 Å². The molecule has 2 rings (SSSR count). The Balaban J connectivity index is 2.65. The van der Waals surface area contributed by atoms with E-state index in [4.69, 9.17) is 9.47 Å². The van der Waals surface area contributed by atoms with Crippen LogP contribution in [0, 0.1) is 5.82 Å². The summed E-state index contributed by atoms with van der Waals surface area (Å²) in [4.78, 5) is 12.0. The highest BCUT2D eigenvalue weighted by Crippen LogP contribution is 2.45. The molecular weight excluding hydrogens is 275 g/mol. The average molecular weight is 296 g/mol. The van der Waals surface area contributed by atoms with Crippen LogP contribution in [-0.4, -0.2) is 25.3 Å². The van der Waals surface area contributed by atoms with Gasteiger partial charge in [0.1, 0.15) is 11.6 Å². The number of rotatable bonds is 5. The van der Waals surface area contributed by atoms with E-state index < -0.39 is 17.2 Å². The highest BCUT2D eigenvalue weighted by Gasteiger charge is 2.44. The molecule has 1 aromatic carbocycles. The van der Waals surface area contributed by atoms with E-state index in [2.05, 4.69) is 0 Å². The fourth-order valence-electron chi connectivity index (χ4n) is 3.34. The van der Waals surface area contributed by atoms with Crippen molar-refractivity contribution in [3.05, 3.63) is 29.1 Å². The highest BCUT2D eigenvalue weighted by atomic mass is 19.1. The monoisotopic (exact) mass is 296 g/mol. The number of carboxylic acid groups (broad SMARTS) is 1. The van der Waals surface area contributed by atoms with Gasteiger partial charge in [0.2, 0.25) is 0 Å². The van der Waals surface area contributed by atoms with Gasteiger partial charge < -0.3 is 14.6 Å². The summed E-state index contributed by atoms with van der Waals surface area (Å²) in [7, 11) is 2.95. The number of carboxylic acids is 1. The summed E-state index contributed by atoms with van der Waals surface area (Å²) in [6, 6.07) is 2.61. The van der Waals surface area contributed by atoms with Gasteiger partial charge in [0, 0.05) is 18.7 Å². The van der Waals surface area contributed by atoms with E-state index in [0.29, 0.717) is 29.7 Å². The van der Waals surface area contributed by atoms with E-state index in [0.717, 1.165) is 19.3 Å². The van der Waals surface area contributed by atoms with Crippen LogP contribution in [0.2, 0.25) is 0 Å². The Morgan fingerprint density at radius 1 is 1.29 bits per heavy atom. The van der Waals surface area contributed by atoms with Crippen LogP contribution < -0.4 is 4.74 Å². The lowest BCUT2D eigenvalue weighted by molar-refractivity contribution is -0.145. The Kier molecular flexibility index (Phi) is 4.83. The number of hydrogen-bond acceptors (Lipinski definition) is 3. The van der Waals surface area contributed by atoms with E-state index in [-0.39, 0.29) is 6.61 Å². The molecule has 0 bridgehead atoms. The second kappa shape index (κ2) is 6.43. The lowest BCUT2D eigenvalue weighted by atomic mass is 9.67. The molecule has 0 radical (unpaired) electrons. The lowest BCUT2D eigenvalue weighted by Gasteiger charge is -2.36. The Morgan fingerprint density at radius 3 is 2.48 bits per heavy atom. The van der Waals surface area contributed by atoms with E-state index >= 15 is 0 Å². The SMILES string of the molecule is COCc1cc(F)cc(OC)c1C1(C(=O)O)CCCCC1. The molecule has 0 spiro atoms. The summed E-state index contributed by atoms with van der Waals surface area (Å²) >= 11 is 0. The second-order valence-electron chi connectivity index (χ2n) is 5.52. The first-order chi connectivity index (χ1) is 10.0. The minimum Gasteiger partial charge on any atom is -0.496 e. The van der Waals surface area contributed by atoms with Gasteiger partial charge in [-0.2, -0.15) is 0 Å². The molecule has 0 aliphatic heterocycles. The molecule has 1 saturated carbocycles. The van der Waals surface area contributed by atoms with Gasteiger partial charge in [0.05, 0.1) is 19.1 Å². The summed E-state index contributed by atoms with van der Waals surface area (Å²) < 4.78 is 24.1. The minimum absolute atomic E-state index is 0.165. The van der Waals surface area contributed by atoms with Gasteiger partial charge in [-0.3, -0.25) is 4.79 Å². The molecule has 1 aliphatic carbocycles. The zero-order chi connectivity index (χ0) is 15.5. The zero-order valence-corrected chi connectivity index (χ0v) is 12.4. The quantitative estimate of drug-likeness (QED) is 0.906. The Morgan fingerprint density at radius 2 is 1.95 bits per heavy atom. The third-order valence-corrected chi connectivity index (χ3v) is 4.26. The molecule has 0 amide bonds. The summed E-state index contributed by atoms with van der Waals surface area (Å²) in [5.41, 5.74) is 0.115. The third kappa shape index (κ3) is 2.88. The van der Waals surface area contributed by atoms with Crippen molar-refractivity contribution >= 4 is 5.97 Å². The summed E-state index contributed by atoms with van der Waals surface area (Å²) in [5.74, 6) is -1.02. The van der Waals surface area contributed by atoms with Crippen molar-refractivity contribution in [3.63, 3.8) is 0 Å². The predicted octanol–water partition coefficient (Wildman–Crippen LogP) is 3.27. The number of methoxy groups -OCH3 is 2. The number of benzene rings is 1. The maximum Gasteiger partial charge on any atom is 0.314 e. The van der Waals surface area contributed by atoms with Gasteiger partial charge >= 0.3 is 5.97 Å². The van der Waals surface area contributed by atoms with Crippen LogP contribution >= 0.6 is 0 Å². The fourth-order valence-corrected chi connectivity index (χ4v) is 3.34. The molecule has 4 nitrogen and oxygen atoms in total. The van der Waals surface area contributed by atoms with E-state index in [1.54, 1.807) is 0 Å². The maximum absolute atomic E-state index is 13.7. The van der Waals surface area contributed by atoms with Gasteiger partial charge in [-0.05, 0) is 24.5 Å². The van der Waals surface area contributed by atoms with Gasteiger partial charge in [-0.1, -0.05) is 19.3 Å². The zero-order valence-electron chi connectivity index (χ0n) is 12.4. The van der Waals surface area contributed by atoms with Gasteiger partial charge in [-0.25, -0.2) is 4.39 Å². The molecule has 0 heterocycles. The van der Waals surface area contributed by atoms with Crippen molar-refractivity contribution in [1.29, 1.82) is 0 Å². The molecule has 0 atom stereocenters. The van der Waals surface area contributed by atoms with Crippen LogP contribution in [0.5, 0.6) is 5.75 Å². The molecule has 0 saturated heterocycles. The predicted molar refractivity (Wildman–Crippen MR) is 76.1 cm³/mol. The van der Waals surface area contributed by atoms with Crippen molar-refractivity contribution in [3.8, 4) is 5.75 Å². The molecule has 1 fully saturated rings. The molecule has 21 heavy (non-hydrogen) atoms. The molecular formula is C16H21FO4. The number of halogens is 1. The van der Waals surface area contributed by atoms with E-state index in [1.807, 2.05) is 0 Å². The van der Waals surface area contributed by atoms with Crippen molar-refractivity contribution in [2.24, 2.45) is 0 Å². The number of carbonyl (C=O) groups is 1. The molecule has 0 aromatic heterocycles. The Labute approximate surface area is 123 Å². The molecule has 1 aromatic rings. The Bertz CT molecular complexity index is 521. The second-order valence-corrected chi connectivity index (χ2v) is 5.52. The van der Waals surface area contributed by atoms with E-state index in [1.165, 1.54) is 26.4 Å². The fraction of sp³-hybridized carbons (Fsp3) is 0.562. The number of aliphatic carboxylic acids is 1. The van der Waals surface area contributed by atoms with E-state index in [9.17, 15) is 14.3 Å². The lowest BCUT2D eigenvalue weighted by Crippen LogP contribution is -2.39. The van der Waals surface area contributed by atoms with Crippen LogP contribution in [0.15, 0.2) is 12.1 Å². The largest absolute Gasteiger partial charge is 0.496 e. The summed E-state index contributed by atoms with van der Waals surface area (Å²) in [6.07, 6.45) is 3.80. The summed E-state index contributed by atoms with van der Waals surface area (Å²) in [5, 5.41) is 9.83. The Hall–Kier alpha value is -1.62. The molecule has 1 N–H and O–H groups in total. The first kappa shape index (κ1) is 15.8. The van der Waals surface area contributed by atoms with Crippen LogP contribution in [0.25, 0.3) is 0 Å². The van der Waals surface area contributed by atoms with Gasteiger partial charge in [0.15, 0.2) is 0 Å². The number of ether oxygens (including phenoxy) is 2. The van der Waals surface area contributed by atoms with Crippen LogP contribution in [0.4, 0.5) is 4.39 Å². The minimum atomic E-state index is -1.01. The van der Waals surface area contributed by atoms with Crippen molar-refractivity contribution in [1.82, 2.24) is 0 Å². The molecule has 0 unspecified atom stereocenters. The molecule has 116 valence electrons. The smallest absolute Gasteiger partial charge is 0.314 e. The van der Waals surface area contributed by atoms with Crippen molar-refractivity contribution < 1.29 is 23.8 Å². The molecule has 1 aliphatic rings. The third-order valence-electron chi connectivity index (χ3n) is 4.26. The van der Waals surface area contributed by atoms with Crippen molar-refractivity contribution in [2.75, 3.05) is 14.2 Å². The summed E-state index contributed by atoms with van der Waals surface area (Å²) in [6.45, 7) is 0.165. The van der Waals surface area contributed by atoms with Crippen LogP contribution in [0.3, 0.4) is 0 Å².